The number of hydrogen-bond acceptors (Lipinski definition) is 2. The number of carbonyl (C=O) groups excluding carboxylic acids is 1. The van der Waals surface area contributed by atoms with E-state index >= 15 is 0 Å². The lowest BCUT2D eigenvalue weighted by Gasteiger charge is -2.49. The average Bonchev–Trinajstić information content (AvgIpc) is 2.57. The monoisotopic (exact) mass is 234 g/mol. The maximum absolute atomic E-state index is 11.9. The minimum absolute atomic E-state index is 0.00273. The molecule has 0 aromatic carbocycles. The molecule has 3 fully saturated rings. The summed E-state index contributed by atoms with van der Waals surface area (Å²) in [7, 11) is 0. The number of carbonyl (C=O) groups is 1. The van der Waals surface area contributed by atoms with E-state index in [4.69, 9.17) is 4.74 Å². The van der Waals surface area contributed by atoms with Crippen molar-refractivity contribution in [3.8, 4) is 0 Å². The Kier molecular flexibility index (Phi) is 2.57. The summed E-state index contributed by atoms with van der Waals surface area (Å²) in [5.41, 5.74) is 1.14. The van der Waals surface area contributed by atoms with E-state index in [0.29, 0.717) is 6.42 Å². The Bertz CT molecular complexity index is 352. The highest BCUT2D eigenvalue weighted by Gasteiger charge is 2.61. The lowest BCUT2D eigenvalue weighted by molar-refractivity contribution is -0.155. The Hall–Kier alpha value is -0.790. The molecule has 2 heteroatoms. The van der Waals surface area contributed by atoms with Crippen LogP contribution in [0.3, 0.4) is 0 Å². The summed E-state index contributed by atoms with van der Waals surface area (Å²) in [5, 5.41) is 0. The SMILES string of the molecule is C=C1CCCCC12CC(=O)OC21CCCCC1. The summed E-state index contributed by atoms with van der Waals surface area (Å²) >= 11 is 0. The van der Waals surface area contributed by atoms with Crippen molar-refractivity contribution in [2.75, 3.05) is 0 Å². The van der Waals surface area contributed by atoms with Crippen LogP contribution < -0.4 is 0 Å². The van der Waals surface area contributed by atoms with Crippen LogP contribution in [-0.2, 0) is 9.53 Å². The van der Waals surface area contributed by atoms with Crippen molar-refractivity contribution in [1.29, 1.82) is 0 Å². The standard InChI is InChI=1S/C15H22O2/c1-12-7-3-6-8-14(12)11-13(16)17-15(14)9-4-2-5-10-15/h1-11H2. The molecular weight excluding hydrogens is 212 g/mol. The van der Waals surface area contributed by atoms with Gasteiger partial charge >= 0.3 is 5.97 Å². The third kappa shape index (κ3) is 1.49. The average molecular weight is 234 g/mol. The third-order valence-electron chi connectivity index (χ3n) is 5.30. The zero-order valence-corrected chi connectivity index (χ0v) is 10.6. The first-order valence-corrected chi connectivity index (χ1v) is 7.09. The largest absolute Gasteiger partial charge is 0.458 e. The number of fused-ring (bicyclic) bond motifs is 1. The molecule has 17 heavy (non-hydrogen) atoms. The molecule has 0 amide bonds. The van der Waals surface area contributed by atoms with Crippen LogP contribution in [0.4, 0.5) is 0 Å². The molecule has 3 aliphatic rings. The van der Waals surface area contributed by atoms with Crippen LogP contribution in [0.25, 0.3) is 0 Å². The first-order chi connectivity index (χ1) is 8.19. The molecule has 1 aliphatic heterocycles. The van der Waals surface area contributed by atoms with Crippen molar-refractivity contribution in [2.45, 2.75) is 69.8 Å². The van der Waals surface area contributed by atoms with Crippen LogP contribution in [0.2, 0.25) is 0 Å². The lowest BCUT2D eigenvalue weighted by atomic mass is 9.57. The highest BCUT2D eigenvalue weighted by molar-refractivity contribution is 5.75. The van der Waals surface area contributed by atoms with E-state index in [0.717, 1.165) is 25.7 Å². The fourth-order valence-corrected chi connectivity index (χ4v) is 4.41. The minimum atomic E-state index is -0.167. The second kappa shape index (κ2) is 3.86. The van der Waals surface area contributed by atoms with Gasteiger partial charge in [0.1, 0.15) is 5.60 Å². The first kappa shape index (κ1) is 11.3. The lowest BCUT2D eigenvalue weighted by Crippen LogP contribution is -2.48. The van der Waals surface area contributed by atoms with E-state index in [1.807, 2.05) is 0 Å². The van der Waals surface area contributed by atoms with Crippen molar-refractivity contribution in [3.05, 3.63) is 12.2 Å². The summed E-state index contributed by atoms with van der Waals surface area (Å²) in [6.45, 7) is 4.30. The van der Waals surface area contributed by atoms with E-state index < -0.39 is 0 Å². The van der Waals surface area contributed by atoms with Crippen LogP contribution in [0.5, 0.6) is 0 Å². The molecule has 2 aliphatic carbocycles. The van der Waals surface area contributed by atoms with E-state index in [1.165, 1.54) is 37.7 Å². The normalized spacial score (nSPS) is 36.5. The van der Waals surface area contributed by atoms with Gasteiger partial charge in [0.05, 0.1) is 6.42 Å². The number of esters is 1. The Labute approximate surface area is 103 Å². The van der Waals surface area contributed by atoms with Gasteiger partial charge in [-0.25, -0.2) is 0 Å². The molecule has 2 saturated carbocycles. The van der Waals surface area contributed by atoms with Gasteiger partial charge in [-0.3, -0.25) is 4.79 Å². The molecule has 0 aromatic heterocycles. The van der Waals surface area contributed by atoms with Gasteiger partial charge in [-0.15, -0.1) is 0 Å². The van der Waals surface area contributed by atoms with E-state index in [9.17, 15) is 4.79 Å². The quantitative estimate of drug-likeness (QED) is 0.471. The molecule has 1 saturated heterocycles. The maximum Gasteiger partial charge on any atom is 0.307 e. The molecule has 0 bridgehead atoms. The summed E-state index contributed by atoms with van der Waals surface area (Å²) in [4.78, 5) is 11.9. The van der Waals surface area contributed by atoms with Crippen molar-refractivity contribution in [1.82, 2.24) is 0 Å². The highest BCUT2D eigenvalue weighted by Crippen LogP contribution is 2.60. The van der Waals surface area contributed by atoms with Crippen molar-refractivity contribution in [3.63, 3.8) is 0 Å². The molecule has 2 spiro atoms. The van der Waals surface area contributed by atoms with E-state index in [2.05, 4.69) is 6.58 Å². The predicted molar refractivity (Wildman–Crippen MR) is 66.6 cm³/mol. The predicted octanol–water partition coefficient (Wildman–Crippen LogP) is 3.75. The second-order valence-electron chi connectivity index (χ2n) is 6.10. The molecule has 1 unspecified atom stereocenters. The molecule has 1 atom stereocenters. The third-order valence-corrected chi connectivity index (χ3v) is 5.30. The number of rotatable bonds is 0. The van der Waals surface area contributed by atoms with Crippen LogP contribution in [0, 0.1) is 5.41 Å². The van der Waals surface area contributed by atoms with Gasteiger partial charge in [0.15, 0.2) is 0 Å². The van der Waals surface area contributed by atoms with E-state index in [-0.39, 0.29) is 17.0 Å². The van der Waals surface area contributed by atoms with Gasteiger partial charge in [-0.2, -0.15) is 0 Å². The molecule has 0 aromatic rings. The van der Waals surface area contributed by atoms with Gasteiger partial charge in [-0.05, 0) is 44.9 Å². The number of hydrogen-bond donors (Lipinski definition) is 0. The highest BCUT2D eigenvalue weighted by atomic mass is 16.6. The van der Waals surface area contributed by atoms with Crippen LogP contribution in [0.15, 0.2) is 12.2 Å². The minimum Gasteiger partial charge on any atom is -0.458 e. The van der Waals surface area contributed by atoms with Crippen LogP contribution in [0.1, 0.15) is 64.2 Å². The van der Waals surface area contributed by atoms with Gasteiger partial charge in [0.25, 0.3) is 0 Å². The fraction of sp³-hybridized carbons (Fsp3) is 0.800. The van der Waals surface area contributed by atoms with Gasteiger partial charge in [0.2, 0.25) is 0 Å². The summed E-state index contributed by atoms with van der Waals surface area (Å²) < 4.78 is 5.85. The zero-order valence-electron chi connectivity index (χ0n) is 10.6. The van der Waals surface area contributed by atoms with Crippen molar-refractivity contribution >= 4 is 5.97 Å². The molecule has 1 heterocycles. The smallest absolute Gasteiger partial charge is 0.307 e. The number of ether oxygens (including phenoxy) is 1. The molecule has 0 N–H and O–H groups in total. The fourth-order valence-electron chi connectivity index (χ4n) is 4.41. The topological polar surface area (TPSA) is 26.3 Å². The molecular formula is C15H22O2. The van der Waals surface area contributed by atoms with Crippen molar-refractivity contribution < 1.29 is 9.53 Å². The molecule has 3 rings (SSSR count). The van der Waals surface area contributed by atoms with Crippen molar-refractivity contribution in [2.24, 2.45) is 5.41 Å². The molecule has 94 valence electrons. The zero-order chi connectivity index (χ0) is 11.9. The Morgan fingerprint density at radius 1 is 1.00 bits per heavy atom. The molecule has 2 nitrogen and oxygen atoms in total. The maximum atomic E-state index is 11.9. The molecule has 0 radical (unpaired) electrons. The van der Waals surface area contributed by atoms with Crippen LogP contribution in [-0.4, -0.2) is 11.6 Å². The Morgan fingerprint density at radius 3 is 2.41 bits per heavy atom. The van der Waals surface area contributed by atoms with Gasteiger partial charge in [0, 0.05) is 5.41 Å². The summed E-state index contributed by atoms with van der Waals surface area (Å²) in [6, 6.07) is 0. The van der Waals surface area contributed by atoms with Gasteiger partial charge < -0.3 is 4.74 Å². The van der Waals surface area contributed by atoms with Crippen LogP contribution >= 0.6 is 0 Å². The van der Waals surface area contributed by atoms with E-state index in [1.54, 1.807) is 0 Å². The van der Waals surface area contributed by atoms with Gasteiger partial charge in [-0.1, -0.05) is 25.0 Å². The Balaban J connectivity index is 1.99. The summed E-state index contributed by atoms with van der Waals surface area (Å²) in [6.07, 6.45) is 11.1. The Morgan fingerprint density at radius 2 is 1.71 bits per heavy atom. The second-order valence-corrected chi connectivity index (χ2v) is 6.10. The summed E-state index contributed by atoms with van der Waals surface area (Å²) in [5.74, 6) is 0.0231. The first-order valence-electron chi connectivity index (χ1n) is 7.09.